The lowest BCUT2D eigenvalue weighted by Crippen LogP contribution is -2.21. The molecule has 21 heavy (non-hydrogen) atoms. The number of rotatable bonds is 3. The minimum Gasteiger partial charge on any atom is -0.358 e. The van der Waals surface area contributed by atoms with Crippen molar-refractivity contribution in [2.24, 2.45) is 5.92 Å². The Morgan fingerprint density at radius 1 is 1.19 bits per heavy atom. The second-order valence-corrected chi connectivity index (χ2v) is 6.67. The lowest BCUT2D eigenvalue weighted by atomic mass is 9.76. The summed E-state index contributed by atoms with van der Waals surface area (Å²) in [7, 11) is 0. The molecule has 1 unspecified atom stereocenters. The number of benzene rings is 1. The zero-order chi connectivity index (χ0) is 14.7. The van der Waals surface area contributed by atoms with Crippen molar-refractivity contribution in [1.29, 1.82) is 5.26 Å². The predicted molar refractivity (Wildman–Crippen MR) is 83.9 cm³/mol. The van der Waals surface area contributed by atoms with Crippen LogP contribution in [0.25, 0.3) is 0 Å². The van der Waals surface area contributed by atoms with Gasteiger partial charge in [-0.3, -0.25) is 0 Å². The van der Waals surface area contributed by atoms with Gasteiger partial charge in [0.1, 0.15) is 6.10 Å². The molecular weight excluding hydrogens is 258 g/mol. The Morgan fingerprint density at radius 3 is 2.71 bits per heavy atom. The van der Waals surface area contributed by atoms with Crippen molar-refractivity contribution in [2.45, 2.75) is 70.5 Å². The Balaban J connectivity index is 1.67. The van der Waals surface area contributed by atoms with E-state index < -0.39 is 0 Å². The van der Waals surface area contributed by atoms with E-state index in [0.29, 0.717) is 6.61 Å². The standard InChI is InChI=1S/C19H25NO/c1-2-3-14-4-6-15(7-5-14)16-8-9-17-11-19(12-20)21-13-18(17)10-16/h8-10,14-15,19H,2-7,11,13H2,1H3. The first-order chi connectivity index (χ1) is 10.3. The lowest BCUT2D eigenvalue weighted by Gasteiger charge is -2.30. The number of ether oxygens (including phenoxy) is 1. The van der Waals surface area contributed by atoms with E-state index >= 15 is 0 Å². The molecule has 2 heteroatoms. The van der Waals surface area contributed by atoms with Crippen molar-refractivity contribution in [3.63, 3.8) is 0 Å². The van der Waals surface area contributed by atoms with Crippen molar-refractivity contribution < 1.29 is 4.74 Å². The second kappa shape index (κ2) is 6.62. The van der Waals surface area contributed by atoms with Gasteiger partial charge < -0.3 is 4.74 Å². The summed E-state index contributed by atoms with van der Waals surface area (Å²) in [6.07, 6.45) is 8.68. The smallest absolute Gasteiger partial charge is 0.148 e. The maximum atomic E-state index is 8.97. The summed E-state index contributed by atoms with van der Waals surface area (Å²) in [4.78, 5) is 0. The Kier molecular flexibility index (Phi) is 4.60. The Bertz CT molecular complexity index is 523. The highest BCUT2D eigenvalue weighted by atomic mass is 16.5. The molecule has 1 aliphatic heterocycles. The van der Waals surface area contributed by atoms with Crippen molar-refractivity contribution in [2.75, 3.05) is 0 Å². The van der Waals surface area contributed by atoms with E-state index in [-0.39, 0.29) is 6.10 Å². The topological polar surface area (TPSA) is 33.0 Å². The van der Waals surface area contributed by atoms with E-state index in [0.717, 1.165) is 18.3 Å². The van der Waals surface area contributed by atoms with Gasteiger partial charge >= 0.3 is 0 Å². The number of fused-ring (bicyclic) bond motifs is 1. The molecule has 2 nitrogen and oxygen atoms in total. The van der Waals surface area contributed by atoms with Crippen LogP contribution in [0.15, 0.2) is 18.2 Å². The maximum Gasteiger partial charge on any atom is 0.148 e. The molecule has 0 radical (unpaired) electrons. The molecule has 3 rings (SSSR count). The van der Waals surface area contributed by atoms with Gasteiger partial charge in [-0.25, -0.2) is 0 Å². The monoisotopic (exact) mass is 283 g/mol. The molecule has 0 N–H and O–H groups in total. The predicted octanol–water partition coefficient (Wildman–Crippen LogP) is 4.73. The lowest BCUT2D eigenvalue weighted by molar-refractivity contribution is 0.0642. The van der Waals surface area contributed by atoms with Gasteiger partial charge in [0.25, 0.3) is 0 Å². The van der Waals surface area contributed by atoms with E-state index in [1.54, 1.807) is 0 Å². The third-order valence-corrected chi connectivity index (χ3v) is 5.23. The fourth-order valence-electron chi connectivity index (χ4n) is 3.96. The van der Waals surface area contributed by atoms with E-state index in [2.05, 4.69) is 31.2 Å². The quantitative estimate of drug-likeness (QED) is 0.803. The summed E-state index contributed by atoms with van der Waals surface area (Å²) in [5.74, 6) is 1.70. The van der Waals surface area contributed by atoms with Gasteiger partial charge in [0.05, 0.1) is 12.7 Å². The molecule has 0 bridgehead atoms. The molecule has 1 aliphatic carbocycles. The molecule has 0 aromatic heterocycles. The molecule has 1 aromatic rings. The zero-order valence-corrected chi connectivity index (χ0v) is 13.0. The summed E-state index contributed by atoms with van der Waals surface area (Å²) in [6.45, 7) is 2.90. The highest BCUT2D eigenvalue weighted by Crippen LogP contribution is 2.38. The molecule has 0 amide bonds. The third kappa shape index (κ3) is 3.30. The molecule has 2 aliphatic rings. The first-order valence-electron chi connectivity index (χ1n) is 8.43. The average molecular weight is 283 g/mol. The fraction of sp³-hybridized carbons (Fsp3) is 0.632. The highest BCUT2D eigenvalue weighted by molar-refractivity contribution is 5.36. The van der Waals surface area contributed by atoms with Gasteiger partial charge in [-0.05, 0) is 54.2 Å². The molecule has 1 heterocycles. The van der Waals surface area contributed by atoms with E-state index in [9.17, 15) is 0 Å². The summed E-state index contributed by atoms with van der Waals surface area (Å²) < 4.78 is 5.58. The molecule has 1 aromatic carbocycles. The van der Waals surface area contributed by atoms with Crippen LogP contribution in [0, 0.1) is 17.2 Å². The van der Waals surface area contributed by atoms with Gasteiger partial charge in [-0.15, -0.1) is 0 Å². The zero-order valence-electron chi connectivity index (χ0n) is 13.0. The van der Waals surface area contributed by atoms with Crippen molar-refractivity contribution in [1.82, 2.24) is 0 Å². The molecule has 0 saturated heterocycles. The largest absolute Gasteiger partial charge is 0.358 e. The van der Waals surface area contributed by atoms with Crippen LogP contribution in [0.4, 0.5) is 0 Å². The van der Waals surface area contributed by atoms with E-state index in [4.69, 9.17) is 10.00 Å². The molecule has 112 valence electrons. The van der Waals surface area contributed by atoms with Crippen LogP contribution in [0.3, 0.4) is 0 Å². The molecule has 1 atom stereocenters. The van der Waals surface area contributed by atoms with Gasteiger partial charge in [0, 0.05) is 6.42 Å². The van der Waals surface area contributed by atoms with Crippen molar-refractivity contribution in [3.05, 3.63) is 34.9 Å². The van der Waals surface area contributed by atoms with Gasteiger partial charge in [0.15, 0.2) is 0 Å². The third-order valence-electron chi connectivity index (χ3n) is 5.23. The average Bonchev–Trinajstić information content (AvgIpc) is 2.55. The Morgan fingerprint density at radius 2 is 2.00 bits per heavy atom. The van der Waals surface area contributed by atoms with Crippen LogP contribution < -0.4 is 0 Å². The molecule has 0 spiro atoms. The van der Waals surface area contributed by atoms with Crippen LogP contribution in [-0.2, 0) is 17.8 Å². The summed E-state index contributed by atoms with van der Waals surface area (Å²) in [6, 6.07) is 9.09. The number of nitrogens with zero attached hydrogens (tertiary/aromatic N) is 1. The summed E-state index contributed by atoms with van der Waals surface area (Å²) >= 11 is 0. The first-order valence-corrected chi connectivity index (χ1v) is 8.43. The van der Waals surface area contributed by atoms with E-state index in [1.165, 1.54) is 55.2 Å². The van der Waals surface area contributed by atoms with Crippen molar-refractivity contribution in [3.8, 4) is 6.07 Å². The van der Waals surface area contributed by atoms with Gasteiger partial charge in [0.2, 0.25) is 0 Å². The Hall–Kier alpha value is -1.33. The molecule has 1 saturated carbocycles. The molecule has 1 fully saturated rings. The second-order valence-electron chi connectivity index (χ2n) is 6.67. The number of nitriles is 1. The highest BCUT2D eigenvalue weighted by Gasteiger charge is 2.24. The Labute approximate surface area is 128 Å². The minimum atomic E-state index is -0.257. The fourth-order valence-corrected chi connectivity index (χ4v) is 3.96. The van der Waals surface area contributed by atoms with Crippen LogP contribution in [-0.4, -0.2) is 6.10 Å². The van der Waals surface area contributed by atoms with E-state index in [1.807, 2.05) is 0 Å². The van der Waals surface area contributed by atoms with Crippen LogP contribution >= 0.6 is 0 Å². The van der Waals surface area contributed by atoms with Crippen LogP contribution in [0.1, 0.15) is 68.1 Å². The number of hydrogen-bond acceptors (Lipinski definition) is 2. The number of hydrogen-bond donors (Lipinski definition) is 0. The summed E-state index contributed by atoms with van der Waals surface area (Å²) in [5, 5.41) is 8.97. The normalized spacial score (nSPS) is 28.7. The molecular formula is C19H25NO. The van der Waals surface area contributed by atoms with Crippen LogP contribution in [0.5, 0.6) is 0 Å². The first kappa shape index (κ1) is 14.6. The minimum absolute atomic E-state index is 0.257. The van der Waals surface area contributed by atoms with Gasteiger partial charge in [-0.2, -0.15) is 5.26 Å². The maximum absolute atomic E-state index is 8.97. The SMILES string of the molecule is CCCC1CCC(c2ccc3c(c2)COC(C#N)C3)CC1. The van der Waals surface area contributed by atoms with Crippen LogP contribution in [0.2, 0.25) is 0 Å². The summed E-state index contributed by atoms with van der Waals surface area (Å²) in [5.41, 5.74) is 4.09. The van der Waals surface area contributed by atoms with Crippen molar-refractivity contribution >= 4 is 0 Å². The van der Waals surface area contributed by atoms with Gasteiger partial charge in [-0.1, -0.05) is 38.0 Å².